The Morgan fingerprint density at radius 3 is 2.06 bits per heavy atom. The minimum atomic E-state index is -3.80. The minimum Gasteiger partial charge on any atom is -0.481 e. The number of carboxylic acid groups (broad SMARTS) is 1. The van der Waals surface area contributed by atoms with E-state index in [0.717, 1.165) is 0 Å². The molecule has 17 heavy (non-hydrogen) atoms. The summed E-state index contributed by atoms with van der Waals surface area (Å²) in [5.74, 6) is -1.41. The fourth-order valence-electron chi connectivity index (χ4n) is 1.17. The molecule has 1 rings (SSSR count). The second-order valence-corrected chi connectivity index (χ2v) is 5.85. The van der Waals surface area contributed by atoms with Crippen LogP contribution in [0.1, 0.15) is 23.2 Å². The van der Waals surface area contributed by atoms with Gasteiger partial charge >= 0.3 is 5.97 Å². The average molecular weight is 277 g/mol. The third-order valence-electron chi connectivity index (χ3n) is 2.02. The van der Waals surface area contributed by atoms with Crippen LogP contribution >= 0.6 is 10.7 Å². The molecule has 0 radical (unpaired) electrons. The van der Waals surface area contributed by atoms with Gasteiger partial charge in [-0.25, -0.2) is 8.42 Å². The van der Waals surface area contributed by atoms with Gasteiger partial charge in [0, 0.05) is 22.7 Å². The van der Waals surface area contributed by atoms with Gasteiger partial charge in [0.2, 0.25) is 0 Å². The second kappa shape index (κ2) is 5.29. The molecule has 0 spiro atoms. The quantitative estimate of drug-likeness (QED) is 0.653. The van der Waals surface area contributed by atoms with Crippen LogP contribution in [-0.2, 0) is 13.8 Å². The molecule has 0 unspecified atom stereocenters. The van der Waals surface area contributed by atoms with Crippen LogP contribution in [0.5, 0.6) is 0 Å². The molecule has 1 N–H and O–H groups in total. The highest BCUT2D eigenvalue weighted by Gasteiger charge is 2.12. The van der Waals surface area contributed by atoms with Crippen molar-refractivity contribution < 1.29 is 23.1 Å². The van der Waals surface area contributed by atoms with Crippen LogP contribution in [-0.4, -0.2) is 25.3 Å². The zero-order valence-corrected chi connectivity index (χ0v) is 10.2. The molecule has 0 aromatic heterocycles. The minimum absolute atomic E-state index is 0.103. The van der Waals surface area contributed by atoms with Crippen molar-refractivity contribution >= 4 is 31.5 Å². The van der Waals surface area contributed by atoms with Gasteiger partial charge in [0.15, 0.2) is 5.78 Å². The molecule has 0 atom stereocenters. The van der Waals surface area contributed by atoms with Crippen LogP contribution in [0.3, 0.4) is 0 Å². The SMILES string of the molecule is O=C(O)CCC(=O)c1ccc(S(=O)(=O)Cl)cc1. The van der Waals surface area contributed by atoms with E-state index >= 15 is 0 Å². The first-order valence-electron chi connectivity index (χ1n) is 4.60. The van der Waals surface area contributed by atoms with Crippen molar-refractivity contribution in [2.75, 3.05) is 0 Å². The number of ketones is 1. The molecule has 1 aromatic carbocycles. The van der Waals surface area contributed by atoms with Gasteiger partial charge in [-0.15, -0.1) is 0 Å². The standard InChI is InChI=1S/C10H9ClO5S/c11-17(15,16)8-3-1-7(2-4-8)9(12)5-6-10(13)14/h1-4H,5-6H2,(H,13,14). The molecule has 0 aliphatic heterocycles. The maximum Gasteiger partial charge on any atom is 0.303 e. The highest BCUT2D eigenvalue weighted by Crippen LogP contribution is 2.16. The molecule has 7 heteroatoms. The van der Waals surface area contributed by atoms with E-state index in [1.807, 2.05) is 0 Å². The van der Waals surface area contributed by atoms with Crippen molar-refractivity contribution in [1.29, 1.82) is 0 Å². The number of hydrogen-bond acceptors (Lipinski definition) is 4. The molecule has 0 amide bonds. The molecule has 5 nitrogen and oxygen atoms in total. The fourth-order valence-corrected chi connectivity index (χ4v) is 1.94. The Morgan fingerprint density at radius 2 is 1.65 bits per heavy atom. The van der Waals surface area contributed by atoms with Crippen molar-refractivity contribution in [1.82, 2.24) is 0 Å². The van der Waals surface area contributed by atoms with E-state index < -0.39 is 15.0 Å². The Hall–Kier alpha value is -1.40. The van der Waals surface area contributed by atoms with Gasteiger partial charge in [-0.2, -0.15) is 0 Å². The van der Waals surface area contributed by atoms with Gasteiger partial charge < -0.3 is 5.11 Å². The van der Waals surface area contributed by atoms with E-state index in [2.05, 4.69) is 0 Å². The van der Waals surface area contributed by atoms with Crippen LogP contribution in [0, 0.1) is 0 Å². The van der Waals surface area contributed by atoms with E-state index in [4.69, 9.17) is 15.8 Å². The van der Waals surface area contributed by atoms with Crippen molar-refractivity contribution in [3.8, 4) is 0 Å². The average Bonchev–Trinajstić information content (AvgIpc) is 2.25. The van der Waals surface area contributed by atoms with Crippen LogP contribution < -0.4 is 0 Å². The van der Waals surface area contributed by atoms with E-state index in [9.17, 15) is 18.0 Å². The van der Waals surface area contributed by atoms with Gasteiger partial charge in [0.05, 0.1) is 11.3 Å². The number of carboxylic acids is 1. The van der Waals surface area contributed by atoms with Crippen LogP contribution in [0.25, 0.3) is 0 Å². The summed E-state index contributed by atoms with van der Waals surface area (Å²) >= 11 is 0. The third-order valence-corrected chi connectivity index (χ3v) is 3.39. The van der Waals surface area contributed by atoms with E-state index in [1.165, 1.54) is 24.3 Å². The van der Waals surface area contributed by atoms with E-state index in [1.54, 1.807) is 0 Å². The molecule has 0 heterocycles. The maximum absolute atomic E-state index is 11.5. The largest absolute Gasteiger partial charge is 0.481 e. The van der Waals surface area contributed by atoms with E-state index in [0.29, 0.717) is 0 Å². The highest BCUT2D eigenvalue weighted by molar-refractivity contribution is 8.13. The molecule has 1 aromatic rings. The van der Waals surface area contributed by atoms with Crippen molar-refractivity contribution in [3.63, 3.8) is 0 Å². The van der Waals surface area contributed by atoms with Gasteiger partial charge in [0.1, 0.15) is 0 Å². The smallest absolute Gasteiger partial charge is 0.303 e. The molecule has 0 saturated carbocycles. The molecule has 0 fully saturated rings. The number of Topliss-reactive ketones (excluding diaryl/α,β-unsaturated/α-hetero) is 1. The lowest BCUT2D eigenvalue weighted by Gasteiger charge is -2.00. The topological polar surface area (TPSA) is 88.5 Å². The molecule has 0 aliphatic rings. The maximum atomic E-state index is 11.5. The molecular formula is C10H9ClO5S. The van der Waals surface area contributed by atoms with Gasteiger partial charge in [-0.1, -0.05) is 12.1 Å². The third kappa shape index (κ3) is 4.16. The highest BCUT2D eigenvalue weighted by atomic mass is 35.7. The number of carbonyl (C=O) groups excluding carboxylic acids is 1. The lowest BCUT2D eigenvalue weighted by atomic mass is 10.1. The molecular weight excluding hydrogens is 268 g/mol. The van der Waals surface area contributed by atoms with Crippen molar-refractivity contribution in [2.45, 2.75) is 17.7 Å². The predicted molar refractivity (Wildman–Crippen MR) is 60.7 cm³/mol. The number of halogens is 1. The normalized spacial score (nSPS) is 11.1. The van der Waals surface area contributed by atoms with Crippen LogP contribution in [0.2, 0.25) is 0 Å². The zero-order chi connectivity index (χ0) is 13.1. The first-order chi connectivity index (χ1) is 7.80. The molecule has 92 valence electrons. The monoisotopic (exact) mass is 276 g/mol. The van der Waals surface area contributed by atoms with Crippen LogP contribution in [0.15, 0.2) is 29.2 Å². The number of aliphatic carboxylic acids is 1. The van der Waals surface area contributed by atoms with Crippen molar-refractivity contribution in [2.24, 2.45) is 0 Å². The van der Waals surface area contributed by atoms with Crippen LogP contribution in [0.4, 0.5) is 0 Å². The summed E-state index contributed by atoms with van der Waals surface area (Å²) in [5, 5.41) is 8.41. The Bertz CT molecular complexity index is 532. The second-order valence-electron chi connectivity index (χ2n) is 3.28. The Kier molecular flexibility index (Phi) is 4.25. The summed E-state index contributed by atoms with van der Waals surface area (Å²) in [6.45, 7) is 0. The molecule has 0 aliphatic carbocycles. The summed E-state index contributed by atoms with van der Waals surface area (Å²) in [6, 6.07) is 5.02. The van der Waals surface area contributed by atoms with Gasteiger partial charge in [-0.3, -0.25) is 9.59 Å². The van der Waals surface area contributed by atoms with Crippen molar-refractivity contribution in [3.05, 3.63) is 29.8 Å². The molecule has 0 saturated heterocycles. The Morgan fingerprint density at radius 1 is 1.12 bits per heavy atom. The summed E-state index contributed by atoms with van der Waals surface area (Å²) < 4.78 is 21.9. The number of carbonyl (C=O) groups is 2. The van der Waals surface area contributed by atoms with E-state index in [-0.39, 0.29) is 29.1 Å². The fraction of sp³-hybridized carbons (Fsp3) is 0.200. The predicted octanol–water partition coefficient (Wildman–Crippen LogP) is 1.66. The lowest BCUT2D eigenvalue weighted by Crippen LogP contribution is -2.04. The Balaban J connectivity index is 2.81. The number of benzene rings is 1. The summed E-state index contributed by atoms with van der Waals surface area (Å²) in [4.78, 5) is 21.6. The summed E-state index contributed by atoms with van der Waals surface area (Å²) in [6.07, 6.45) is -0.378. The number of rotatable bonds is 5. The Labute approximate surface area is 102 Å². The summed E-state index contributed by atoms with van der Waals surface area (Å²) in [7, 11) is 1.30. The zero-order valence-electron chi connectivity index (χ0n) is 8.59. The lowest BCUT2D eigenvalue weighted by molar-refractivity contribution is -0.136. The molecule has 0 bridgehead atoms. The summed E-state index contributed by atoms with van der Waals surface area (Å²) in [5.41, 5.74) is 0.260. The van der Waals surface area contributed by atoms with Gasteiger partial charge in [0.25, 0.3) is 9.05 Å². The first-order valence-corrected chi connectivity index (χ1v) is 6.91. The first kappa shape index (κ1) is 13.7. The van der Waals surface area contributed by atoms with Gasteiger partial charge in [-0.05, 0) is 12.1 Å². The number of hydrogen-bond donors (Lipinski definition) is 1.